The molecule has 1 fully saturated rings. The van der Waals surface area contributed by atoms with E-state index >= 15 is 0 Å². The molecule has 1 aromatic rings. The summed E-state index contributed by atoms with van der Waals surface area (Å²) in [4.78, 5) is 26.6. The first-order valence-electron chi connectivity index (χ1n) is 8.07. The highest BCUT2D eigenvalue weighted by Gasteiger charge is 2.21. The summed E-state index contributed by atoms with van der Waals surface area (Å²) in [5.41, 5.74) is 1.03. The Bertz CT molecular complexity index is 591. The standard InChI is InChI=1S/C17H25N3O4.ClH/c1-12(11-18-2)16(21)19-14-10-13(4-5-15(14)23-3)17(22)20-6-8-24-9-7-20;/h4-5,10,12,18H,6-9,11H2,1-3H3,(H,19,21);1H. The number of halogens is 1. The average Bonchev–Trinajstić information content (AvgIpc) is 2.62. The maximum absolute atomic E-state index is 12.6. The molecule has 2 amide bonds. The molecule has 0 saturated carbocycles. The summed E-state index contributed by atoms with van der Waals surface area (Å²) in [7, 11) is 3.33. The maximum Gasteiger partial charge on any atom is 0.254 e. The van der Waals surface area contributed by atoms with Crippen LogP contribution in [0.3, 0.4) is 0 Å². The van der Waals surface area contributed by atoms with Crippen LogP contribution in [0.15, 0.2) is 18.2 Å². The molecular weight excluding hydrogens is 346 g/mol. The van der Waals surface area contributed by atoms with Crippen molar-refractivity contribution in [1.29, 1.82) is 0 Å². The van der Waals surface area contributed by atoms with Gasteiger partial charge in [-0.25, -0.2) is 0 Å². The zero-order chi connectivity index (χ0) is 17.5. The number of anilines is 1. The number of amides is 2. The lowest BCUT2D eigenvalue weighted by atomic mass is 10.1. The zero-order valence-electron chi connectivity index (χ0n) is 14.8. The van der Waals surface area contributed by atoms with Gasteiger partial charge in [0, 0.05) is 31.1 Å². The predicted molar refractivity (Wildman–Crippen MR) is 98.7 cm³/mol. The fourth-order valence-corrected chi connectivity index (χ4v) is 2.54. The molecular formula is C17H26ClN3O4. The molecule has 2 rings (SSSR count). The minimum Gasteiger partial charge on any atom is -0.495 e. The van der Waals surface area contributed by atoms with Crippen molar-refractivity contribution in [2.45, 2.75) is 6.92 Å². The highest BCUT2D eigenvalue weighted by atomic mass is 35.5. The molecule has 1 saturated heterocycles. The van der Waals surface area contributed by atoms with Crippen molar-refractivity contribution in [3.8, 4) is 5.75 Å². The van der Waals surface area contributed by atoms with E-state index in [1.54, 1.807) is 30.1 Å². The molecule has 2 N–H and O–H groups in total. The normalized spacial score (nSPS) is 15.1. The van der Waals surface area contributed by atoms with Crippen LogP contribution in [0.5, 0.6) is 5.75 Å². The van der Waals surface area contributed by atoms with Crippen LogP contribution in [0.25, 0.3) is 0 Å². The Morgan fingerprint density at radius 2 is 2.00 bits per heavy atom. The van der Waals surface area contributed by atoms with Crippen LogP contribution in [-0.2, 0) is 9.53 Å². The number of methoxy groups -OCH3 is 1. The second kappa shape index (κ2) is 10.2. The number of nitrogens with one attached hydrogen (secondary N) is 2. The number of hydrogen-bond acceptors (Lipinski definition) is 5. The van der Waals surface area contributed by atoms with E-state index in [1.165, 1.54) is 7.11 Å². The summed E-state index contributed by atoms with van der Waals surface area (Å²) in [5, 5.41) is 5.82. The van der Waals surface area contributed by atoms with Crippen molar-refractivity contribution in [2.24, 2.45) is 5.92 Å². The minimum atomic E-state index is -0.196. The molecule has 1 heterocycles. The molecule has 7 nitrogen and oxygen atoms in total. The van der Waals surface area contributed by atoms with E-state index in [4.69, 9.17) is 9.47 Å². The lowest BCUT2D eigenvalue weighted by molar-refractivity contribution is -0.119. The summed E-state index contributed by atoms with van der Waals surface area (Å²) < 4.78 is 10.6. The Morgan fingerprint density at radius 3 is 2.60 bits per heavy atom. The Hall–Kier alpha value is -1.83. The highest BCUT2D eigenvalue weighted by molar-refractivity contribution is 5.99. The van der Waals surface area contributed by atoms with Crippen LogP contribution in [-0.4, -0.2) is 63.7 Å². The van der Waals surface area contributed by atoms with Crippen molar-refractivity contribution in [3.05, 3.63) is 23.8 Å². The quantitative estimate of drug-likeness (QED) is 0.789. The molecule has 0 radical (unpaired) electrons. The summed E-state index contributed by atoms with van der Waals surface area (Å²) in [6, 6.07) is 5.08. The van der Waals surface area contributed by atoms with Crippen LogP contribution < -0.4 is 15.4 Å². The van der Waals surface area contributed by atoms with Crippen molar-refractivity contribution < 1.29 is 19.1 Å². The van der Waals surface area contributed by atoms with Gasteiger partial charge < -0.3 is 25.0 Å². The van der Waals surface area contributed by atoms with E-state index in [-0.39, 0.29) is 30.1 Å². The van der Waals surface area contributed by atoms with Crippen LogP contribution in [0, 0.1) is 5.92 Å². The van der Waals surface area contributed by atoms with Crippen LogP contribution in [0.2, 0.25) is 0 Å². The number of morpholine rings is 1. The molecule has 0 aliphatic carbocycles. The molecule has 25 heavy (non-hydrogen) atoms. The highest BCUT2D eigenvalue weighted by Crippen LogP contribution is 2.26. The fraction of sp³-hybridized carbons (Fsp3) is 0.529. The topological polar surface area (TPSA) is 79.9 Å². The third-order valence-electron chi connectivity index (χ3n) is 3.96. The number of nitrogens with zero attached hydrogens (tertiary/aromatic N) is 1. The second-order valence-corrected chi connectivity index (χ2v) is 5.77. The Labute approximate surface area is 154 Å². The number of carbonyl (C=O) groups excluding carboxylic acids is 2. The predicted octanol–water partition coefficient (Wildman–Crippen LogP) is 1.38. The first-order chi connectivity index (χ1) is 11.6. The Morgan fingerprint density at radius 1 is 1.32 bits per heavy atom. The monoisotopic (exact) mass is 371 g/mol. The van der Waals surface area contributed by atoms with Crippen molar-refractivity contribution in [1.82, 2.24) is 10.2 Å². The third kappa shape index (κ3) is 5.59. The molecule has 8 heteroatoms. The van der Waals surface area contributed by atoms with E-state index in [1.807, 2.05) is 6.92 Å². The number of hydrogen-bond donors (Lipinski definition) is 2. The lowest BCUT2D eigenvalue weighted by Gasteiger charge is -2.27. The first-order valence-corrected chi connectivity index (χ1v) is 8.07. The van der Waals surface area contributed by atoms with Gasteiger partial charge in [-0.05, 0) is 25.2 Å². The summed E-state index contributed by atoms with van der Waals surface area (Å²) in [6.07, 6.45) is 0. The second-order valence-electron chi connectivity index (χ2n) is 5.77. The van der Waals surface area contributed by atoms with Gasteiger partial charge in [0.1, 0.15) is 5.75 Å². The van der Waals surface area contributed by atoms with Gasteiger partial charge in [-0.2, -0.15) is 0 Å². The van der Waals surface area contributed by atoms with Gasteiger partial charge in [0.05, 0.1) is 26.0 Å². The summed E-state index contributed by atoms with van der Waals surface area (Å²) in [6.45, 7) is 4.65. The van der Waals surface area contributed by atoms with Gasteiger partial charge in [-0.3, -0.25) is 9.59 Å². The summed E-state index contributed by atoms with van der Waals surface area (Å²) >= 11 is 0. The first kappa shape index (κ1) is 21.2. The molecule has 0 spiro atoms. The fourth-order valence-electron chi connectivity index (χ4n) is 2.54. The van der Waals surface area contributed by atoms with Crippen molar-refractivity contribution in [3.63, 3.8) is 0 Å². The van der Waals surface area contributed by atoms with E-state index < -0.39 is 0 Å². The maximum atomic E-state index is 12.6. The Balaban J connectivity index is 0.00000312. The average molecular weight is 372 g/mol. The van der Waals surface area contributed by atoms with Gasteiger partial charge in [0.2, 0.25) is 5.91 Å². The van der Waals surface area contributed by atoms with Crippen molar-refractivity contribution >= 4 is 29.9 Å². The molecule has 1 atom stereocenters. The zero-order valence-corrected chi connectivity index (χ0v) is 15.6. The lowest BCUT2D eigenvalue weighted by Crippen LogP contribution is -2.40. The number of ether oxygens (including phenoxy) is 2. The van der Waals surface area contributed by atoms with Gasteiger partial charge in [0.25, 0.3) is 5.91 Å². The molecule has 0 aromatic heterocycles. The number of rotatable bonds is 6. The van der Waals surface area contributed by atoms with E-state index in [0.29, 0.717) is 49.8 Å². The molecule has 140 valence electrons. The largest absolute Gasteiger partial charge is 0.495 e. The molecule has 0 bridgehead atoms. The van der Waals surface area contributed by atoms with Gasteiger partial charge in [0.15, 0.2) is 0 Å². The number of carbonyl (C=O) groups is 2. The van der Waals surface area contributed by atoms with Crippen LogP contribution in [0.1, 0.15) is 17.3 Å². The van der Waals surface area contributed by atoms with E-state index in [0.717, 1.165) is 0 Å². The van der Waals surface area contributed by atoms with Gasteiger partial charge >= 0.3 is 0 Å². The SMILES string of the molecule is CNCC(C)C(=O)Nc1cc(C(=O)N2CCOCC2)ccc1OC.Cl. The molecule has 1 aliphatic rings. The third-order valence-corrected chi connectivity index (χ3v) is 3.96. The molecule has 1 aromatic carbocycles. The molecule has 1 aliphatic heterocycles. The molecule has 1 unspecified atom stereocenters. The minimum absolute atomic E-state index is 0. The van der Waals surface area contributed by atoms with E-state index in [2.05, 4.69) is 10.6 Å². The van der Waals surface area contributed by atoms with E-state index in [9.17, 15) is 9.59 Å². The van der Waals surface area contributed by atoms with Crippen LogP contribution in [0.4, 0.5) is 5.69 Å². The summed E-state index contributed by atoms with van der Waals surface area (Å²) in [5.74, 6) is 0.134. The number of benzene rings is 1. The van der Waals surface area contributed by atoms with Gasteiger partial charge in [-0.15, -0.1) is 12.4 Å². The van der Waals surface area contributed by atoms with Gasteiger partial charge in [-0.1, -0.05) is 6.92 Å². The Kier molecular flexibility index (Phi) is 8.68. The van der Waals surface area contributed by atoms with Crippen LogP contribution >= 0.6 is 12.4 Å². The van der Waals surface area contributed by atoms with Crippen molar-refractivity contribution in [2.75, 3.05) is 52.3 Å². The smallest absolute Gasteiger partial charge is 0.254 e.